The first kappa shape index (κ1) is 28.0. The Kier molecular flexibility index (Phi) is 7.30. The van der Waals surface area contributed by atoms with E-state index in [1.807, 2.05) is 0 Å². The number of hydrogen-bond acceptors (Lipinski definition) is 6. The van der Waals surface area contributed by atoms with Gasteiger partial charge in [0.2, 0.25) is 0 Å². The molecule has 2 aromatic carbocycles. The molecule has 2 N–H and O–H groups in total. The Balaban J connectivity index is 1.93. The highest BCUT2D eigenvalue weighted by atomic mass is 31.2. The zero-order valence-corrected chi connectivity index (χ0v) is 22.8. The summed E-state index contributed by atoms with van der Waals surface area (Å²) < 4.78 is 58.8. The molecule has 0 saturated heterocycles. The fourth-order valence-corrected chi connectivity index (χ4v) is 5.12. The van der Waals surface area contributed by atoms with Crippen LogP contribution in [0.5, 0.6) is 11.5 Å². The number of phosphoric ester groups is 1. The van der Waals surface area contributed by atoms with Gasteiger partial charge < -0.3 is 24.2 Å². The van der Waals surface area contributed by atoms with Gasteiger partial charge in [0.05, 0.1) is 17.7 Å². The number of fused-ring (bicyclic) bond motifs is 2. The second kappa shape index (κ2) is 9.92. The fourth-order valence-electron chi connectivity index (χ4n) is 4.45. The number of aryl methyl sites for hydroxylation is 1. The number of amides is 1. The zero-order chi connectivity index (χ0) is 28.2. The highest BCUT2D eigenvalue weighted by Gasteiger charge is 2.37. The number of benzene rings is 2. The van der Waals surface area contributed by atoms with Crippen LogP contribution in [0.4, 0.5) is 8.78 Å². The number of imidazole rings is 1. The molecule has 2 heterocycles. The number of ether oxygens (including phenoxy) is 2. The van der Waals surface area contributed by atoms with Crippen molar-refractivity contribution in [2.24, 2.45) is 5.41 Å². The molecule has 0 bridgehead atoms. The van der Waals surface area contributed by atoms with Gasteiger partial charge in [-0.05, 0) is 19.1 Å². The van der Waals surface area contributed by atoms with E-state index in [0.717, 1.165) is 12.1 Å². The topological polar surface area (TPSA) is 123 Å². The highest BCUT2D eigenvalue weighted by Crippen LogP contribution is 2.49. The van der Waals surface area contributed by atoms with Gasteiger partial charge in [-0.3, -0.25) is 13.9 Å². The predicted molar refractivity (Wildman–Crippen MR) is 134 cm³/mol. The summed E-state index contributed by atoms with van der Waals surface area (Å²) in [6, 6.07) is 4.85. The first-order valence-electron chi connectivity index (χ1n) is 11.8. The Bertz CT molecular complexity index is 1450. The molecule has 0 radical (unpaired) electrons. The molecule has 1 aromatic heterocycles. The van der Waals surface area contributed by atoms with E-state index in [1.165, 1.54) is 15.5 Å². The lowest BCUT2D eigenvalue weighted by atomic mass is 9.94. The first-order chi connectivity index (χ1) is 17.6. The molecule has 0 saturated carbocycles. The van der Waals surface area contributed by atoms with Gasteiger partial charge in [-0.15, -0.1) is 0 Å². The van der Waals surface area contributed by atoms with E-state index in [1.54, 1.807) is 47.9 Å². The van der Waals surface area contributed by atoms with Gasteiger partial charge >= 0.3 is 7.82 Å². The van der Waals surface area contributed by atoms with E-state index in [-0.39, 0.29) is 47.1 Å². The molecule has 10 nitrogen and oxygen atoms in total. The molecule has 1 aliphatic heterocycles. The van der Waals surface area contributed by atoms with E-state index >= 15 is 0 Å². The third-order valence-corrected chi connectivity index (χ3v) is 6.56. The highest BCUT2D eigenvalue weighted by molar-refractivity contribution is 7.46. The van der Waals surface area contributed by atoms with Crippen LogP contribution in [0.3, 0.4) is 0 Å². The standard InChI is InChI=1S/C25H30F2N3O7P/c1-13-28-22-17(30(13)24(25(2,3)4)37-38(32,33)34)9-14(23(31)29(5)6)10-20(22)36-18-7-8-35-19-12-15(26)11-16(27)21(18)19/h9-12,18,24H,7-8H2,1-6H3,(H2,32,33,34)/t18-,24?/m0/s1. The SMILES string of the molecule is Cc1nc2c(O[C@H]3CCOc4cc(F)cc(F)c43)cc(C(=O)N(C)C)cc2n1C(OP(=O)(O)O)C(C)(C)C. The second-order valence-electron chi connectivity index (χ2n) is 10.4. The van der Waals surface area contributed by atoms with Gasteiger partial charge in [0.15, 0.2) is 6.23 Å². The summed E-state index contributed by atoms with van der Waals surface area (Å²) >= 11 is 0. The molecular formula is C25H30F2N3O7P. The minimum Gasteiger partial charge on any atom is -0.493 e. The van der Waals surface area contributed by atoms with Gasteiger partial charge in [0.1, 0.15) is 40.6 Å². The summed E-state index contributed by atoms with van der Waals surface area (Å²) in [5.41, 5.74) is 0.0370. The number of halogens is 2. The van der Waals surface area contributed by atoms with Gasteiger partial charge in [0, 0.05) is 43.6 Å². The lowest BCUT2D eigenvalue weighted by Crippen LogP contribution is -2.27. The van der Waals surface area contributed by atoms with Crippen molar-refractivity contribution in [3.05, 3.63) is 52.9 Å². The van der Waals surface area contributed by atoms with Crippen molar-refractivity contribution in [2.45, 2.75) is 46.4 Å². The summed E-state index contributed by atoms with van der Waals surface area (Å²) in [5.74, 6) is -1.47. The van der Waals surface area contributed by atoms with E-state index in [0.29, 0.717) is 11.3 Å². The molecule has 0 aliphatic carbocycles. The summed E-state index contributed by atoms with van der Waals surface area (Å²) in [4.78, 5) is 38.2. The van der Waals surface area contributed by atoms with Gasteiger partial charge in [-0.1, -0.05) is 20.8 Å². The lowest BCUT2D eigenvalue weighted by Gasteiger charge is -2.33. The Morgan fingerprint density at radius 3 is 2.53 bits per heavy atom. The molecule has 3 aromatic rings. The summed E-state index contributed by atoms with van der Waals surface area (Å²) in [6.07, 6.45) is -1.80. The van der Waals surface area contributed by atoms with E-state index < -0.39 is 37.2 Å². The number of nitrogens with zero attached hydrogens (tertiary/aromatic N) is 3. The Morgan fingerprint density at radius 1 is 1.24 bits per heavy atom. The van der Waals surface area contributed by atoms with Crippen LogP contribution in [0, 0.1) is 24.0 Å². The number of carbonyl (C=O) groups is 1. The molecule has 206 valence electrons. The van der Waals surface area contributed by atoms with Crippen molar-refractivity contribution < 1.29 is 41.9 Å². The normalized spacial score (nSPS) is 16.6. The molecule has 0 spiro atoms. The minimum atomic E-state index is -4.93. The summed E-state index contributed by atoms with van der Waals surface area (Å²) in [7, 11) is -1.79. The quantitative estimate of drug-likeness (QED) is 0.414. The van der Waals surface area contributed by atoms with E-state index in [4.69, 9.17) is 14.0 Å². The van der Waals surface area contributed by atoms with Gasteiger partial charge in [0.25, 0.3) is 5.91 Å². The van der Waals surface area contributed by atoms with Crippen LogP contribution < -0.4 is 9.47 Å². The zero-order valence-electron chi connectivity index (χ0n) is 21.9. The van der Waals surface area contributed by atoms with E-state index in [2.05, 4.69) is 4.98 Å². The van der Waals surface area contributed by atoms with Crippen molar-refractivity contribution in [3.8, 4) is 11.5 Å². The van der Waals surface area contributed by atoms with Gasteiger partial charge in [-0.25, -0.2) is 18.3 Å². The molecule has 38 heavy (non-hydrogen) atoms. The predicted octanol–water partition coefficient (Wildman–Crippen LogP) is 4.88. The maximum absolute atomic E-state index is 14.8. The van der Waals surface area contributed by atoms with Crippen molar-refractivity contribution >= 4 is 24.8 Å². The number of rotatable bonds is 6. The smallest absolute Gasteiger partial charge is 0.471 e. The molecule has 1 unspecified atom stereocenters. The molecule has 1 amide bonds. The maximum Gasteiger partial charge on any atom is 0.471 e. The Hall–Kier alpha value is -3.05. The second-order valence-corrected chi connectivity index (χ2v) is 11.6. The van der Waals surface area contributed by atoms with Crippen LogP contribution in [0.15, 0.2) is 24.3 Å². The molecule has 4 rings (SSSR count). The van der Waals surface area contributed by atoms with Crippen molar-refractivity contribution in [1.29, 1.82) is 0 Å². The summed E-state index contributed by atoms with van der Waals surface area (Å²) in [6.45, 7) is 7.00. The lowest BCUT2D eigenvalue weighted by molar-refractivity contribution is 0.000465. The van der Waals surface area contributed by atoms with Crippen LogP contribution in [-0.4, -0.2) is 50.8 Å². The molecule has 2 atom stereocenters. The van der Waals surface area contributed by atoms with Crippen LogP contribution in [-0.2, 0) is 9.09 Å². The average molecular weight is 553 g/mol. The number of aromatic nitrogens is 2. The number of phosphoric acid groups is 1. The van der Waals surface area contributed by atoms with Crippen LogP contribution in [0.25, 0.3) is 11.0 Å². The molecule has 1 aliphatic rings. The molecule has 13 heteroatoms. The Labute approximate surface area is 218 Å². The minimum absolute atomic E-state index is 0.0278. The van der Waals surface area contributed by atoms with Crippen LogP contribution in [0.1, 0.15) is 61.3 Å². The maximum atomic E-state index is 14.8. The van der Waals surface area contributed by atoms with Crippen molar-refractivity contribution in [2.75, 3.05) is 20.7 Å². The van der Waals surface area contributed by atoms with Gasteiger partial charge in [-0.2, -0.15) is 0 Å². The first-order valence-corrected chi connectivity index (χ1v) is 13.4. The summed E-state index contributed by atoms with van der Waals surface area (Å²) in [5, 5.41) is 0. The average Bonchev–Trinajstić information content (AvgIpc) is 3.11. The molecule has 0 fully saturated rings. The van der Waals surface area contributed by atoms with Crippen molar-refractivity contribution in [3.63, 3.8) is 0 Å². The monoisotopic (exact) mass is 553 g/mol. The van der Waals surface area contributed by atoms with Crippen LogP contribution >= 0.6 is 7.82 Å². The third kappa shape index (κ3) is 5.54. The molecular weight excluding hydrogens is 523 g/mol. The number of carbonyl (C=O) groups excluding carboxylic acids is 1. The Morgan fingerprint density at radius 2 is 1.92 bits per heavy atom. The third-order valence-electron chi connectivity index (χ3n) is 6.09. The van der Waals surface area contributed by atoms with Crippen LogP contribution in [0.2, 0.25) is 0 Å². The van der Waals surface area contributed by atoms with Crippen molar-refractivity contribution in [1.82, 2.24) is 14.5 Å². The largest absolute Gasteiger partial charge is 0.493 e. The number of hydrogen-bond donors (Lipinski definition) is 2. The fraction of sp³-hybridized carbons (Fsp3) is 0.440. The van der Waals surface area contributed by atoms with E-state index in [9.17, 15) is 27.9 Å².